The summed E-state index contributed by atoms with van der Waals surface area (Å²) < 4.78 is 4.61. The first-order valence-electron chi connectivity index (χ1n) is 4.25. The molecule has 0 spiro atoms. The van der Waals surface area contributed by atoms with Crippen LogP contribution in [0.3, 0.4) is 0 Å². The Morgan fingerprint density at radius 1 is 1.67 bits per heavy atom. The van der Waals surface area contributed by atoms with E-state index in [0.29, 0.717) is 4.88 Å². The molecule has 1 rings (SSSR count). The average molecular weight is 224 g/mol. The summed E-state index contributed by atoms with van der Waals surface area (Å²) in [5, 5.41) is 1.84. The van der Waals surface area contributed by atoms with E-state index in [1.54, 1.807) is 19.2 Å². The fourth-order valence-corrected chi connectivity index (χ4v) is 1.89. The van der Waals surface area contributed by atoms with Gasteiger partial charge in [0.1, 0.15) is 4.88 Å². The topological polar surface area (TPSA) is 64.7 Å². The highest BCUT2D eigenvalue weighted by molar-refractivity contribution is 7.12. The monoisotopic (exact) mass is 224 g/mol. The third kappa shape index (κ3) is 2.66. The van der Waals surface area contributed by atoms with Crippen molar-refractivity contribution in [2.45, 2.75) is 0 Å². The molecule has 0 saturated heterocycles. The predicted octanol–water partition coefficient (Wildman–Crippen LogP) is 1.43. The number of nitrogens with zero attached hydrogens (tertiary/aromatic N) is 1. The molecule has 0 fully saturated rings. The van der Waals surface area contributed by atoms with Crippen LogP contribution in [0.15, 0.2) is 28.7 Å². The predicted molar refractivity (Wildman–Crippen MR) is 61.4 cm³/mol. The van der Waals surface area contributed by atoms with Gasteiger partial charge in [0, 0.05) is 18.0 Å². The van der Waals surface area contributed by atoms with Gasteiger partial charge in [0.05, 0.1) is 12.8 Å². The van der Waals surface area contributed by atoms with Crippen molar-refractivity contribution in [2.75, 3.05) is 14.2 Å². The maximum atomic E-state index is 11.2. The molecule has 0 amide bonds. The Morgan fingerprint density at radius 3 is 2.93 bits per heavy atom. The number of rotatable bonds is 3. The molecule has 0 bridgehead atoms. The number of ether oxygens (including phenoxy) is 1. The lowest BCUT2D eigenvalue weighted by molar-refractivity contribution is 0.0606. The molecule has 2 N–H and O–H groups in total. The molecule has 15 heavy (non-hydrogen) atoms. The first kappa shape index (κ1) is 11.5. The van der Waals surface area contributed by atoms with Gasteiger partial charge in [0.15, 0.2) is 0 Å². The highest BCUT2D eigenvalue weighted by atomic mass is 32.1. The van der Waals surface area contributed by atoms with E-state index in [9.17, 15) is 4.79 Å². The number of nitrogens with two attached hydrogens (primary N) is 1. The third-order valence-electron chi connectivity index (χ3n) is 1.78. The number of hydrogen-bond acceptors (Lipinski definition) is 5. The number of carbonyl (C=O) groups excluding carboxylic acids is 1. The number of esters is 1. The van der Waals surface area contributed by atoms with Crippen molar-refractivity contribution in [2.24, 2.45) is 10.7 Å². The quantitative estimate of drug-likeness (QED) is 0.624. The van der Waals surface area contributed by atoms with Gasteiger partial charge in [-0.25, -0.2) is 4.79 Å². The Balaban J connectivity index is 2.97. The van der Waals surface area contributed by atoms with Crippen molar-refractivity contribution in [3.63, 3.8) is 0 Å². The molecule has 0 atom stereocenters. The number of thiophene rings is 1. The van der Waals surface area contributed by atoms with Crippen molar-refractivity contribution < 1.29 is 9.53 Å². The van der Waals surface area contributed by atoms with E-state index in [2.05, 4.69) is 9.73 Å². The van der Waals surface area contributed by atoms with Gasteiger partial charge in [-0.15, -0.1) is 11.3 Å². The summed E-state index contributed by atoms with van der Waals surface area (Å²) >= 11 is 1.32. The zero-order valence-corrected chi connectivity index (χ0v) is 9.38. The third-order valence-corrected chi connectivity index (χ3v) is 2.69. The highest BCUT2D eigenvalue weighted by Gasteiger charge is 2.10. The van der Waals surface area contributed by atoms with Gasteiger partial charge < -0.3 is 10.5 Å². The second-order valence-electron chi connectivity index (χ2n) is 2.66. The first-order valence-corrected chi connectivity index (χ1v) is 5.13. The maximum Gasteiger partial charge on any atom is 0.348 e. The molecule has 0 aliphatic carbocycles. The average Bonchev–Trinajstić information content (AvgIpc) is 2.73. The van der Waals surface area contributed by atoms with E-state index in [1.807, 2.05) is 5.38 Å². The van der Waals surface area contributed by atoms with Crippen LogP contribution < -0.4 is 5.73 Å². The van der Waals surface area contributed by atoms with Gasteiger partial charge in [-0.2, -0.15) is 0 Å². The van der Waals surface area contributed by atoms with Crippen LogP contribution in [0.2, 0.25) is 0 Å². The van der Waals surface area contributed by atoms with Crippen LogP contribution in [0.1, 0.15) is 15.2 Å². The summed E-state index contributed by atoms with van der Waals surface area (Å²) in [5.74, 6) is -0.335. The van der Waals surface area contributed by atoms with E-state index in [1.165, 1.54) is 24.6 Å². The fourth-order valence-electron chi connectivity index (χ4n) is 1.07. The van der Waals surface area contributed by atoms with Gasteiger partial charge in [0.25, 0.3) is 0 Å². The van der Waals surface area contributed by atoms with Crippen LogP contribution in [-0.4, -0.2) is 25.8 Å². The molecule has 0 unspecified atom stereocenters. The number of hydrogen-bond donors (Lipinski definition) is 1. The zero-order chi connectivity index (χ0) is 11.3. The summed E-state index contributed by atoms with van der Waals surface area (Å²) in [6.45, 7) is 0. The minimum atomic E-state index is -0.335. The van der Waals surface area contributed by atoms with E-state index in [-0.39, 0.29) is 5.97 Å². The van der Waals surface area contributed by atoms with E-state index in [4.69, 9.17) is 5.73 Å². The van der Waals surface area contributed by atoms with Crippen molar-refractivity contribution in [3.8, 4) is 0 Å². The van der Waals surface area contributed by atoms with E-state index >= 15 is 0 Å². The summed E-state index contributed by atoms with van der Waals surface area (Å²) in [4.78, 5) is 15.8. The molecule has 0 saturated carbocycles. The fraction of sp³-hybridized carbons (Fsp3) is 0.200. The van der Waals surface area contributed by atoms with Crippen LogP contribution in [-0.2, 0) is 4.74 Å². The van der Waals surface area contributed by atoms with Gasteiger partial charge >= 0.3 is 5.97 Å². The molecule has 1 aromatic heterocycles. The highest BCUT2D eigenvalue weighted by Crippen LogP contribution is 2.16. The van der Waals surface area contributed by atoms with Crippen molar-refractivity contribution >= 4 is 23.0 Å². The molecule has 0 aromatic carbocycles. The van der Waals surface area contributed by atoms with E-state index < -0.39 is 0 Å². The van der Waals surface area contributed by atoms with Crippen LogP contribution in [0.4, 0.5) is 0 Å². The second-order valence-corrected chi connectivity index (χ2v) is 3.57. The Bertz CT molecular complexity index is 407. The Kier molecular flexibility index (Phi) is 4.05. The van der Waals surface area contributed by atoms with Gasteiger partial charge in [0.2, 0.25) is 0 Å². The van der Waals surface area contributed by atoms with Crippen LogP contribution in [0, 0.1) is 0 Å². The first-order chi connectivity index (χ1) is 7.22. The Morgan fingerprint density at radius 2 is 2.40 bits per heavy atom. The SMILES string of the molecule is CN=C(C=CN)c1csc(C(=O)OC)c1. The van der Waals surface area contributed by atoms with Crippen LogP contribution in [0.25, 0.3) is 0 Å². The Labute approximate surface area is 92.1 Å². The summed E-state index contributed by atoms with van der Waals surface area (Å²) in [5.41, 5.74) is 6.89. The van der Waals surface area contributed by atoms with Crippen molar-refractivity contribution in [3.05, 3.63) is 34.2 Å². The molecule has 1 heterocycles. The number of allylic oxidation sites excluding steroid dienone is 1. The molecule has 80 valence electrons. The van der Waals surface area contributed by atoms with Crippen LogP contribution in [0.5, 0.6) is 0 Å². The maximum absolute atomic E-state index is 11.2. The molecule has 0 aliphatic heterocycles. The van der Waals surface area contributed by atoms with Crippen molar-refractivity contribution in [1.29, 1.82) is 0 Å². The van der Waals surface area contributed by atoms with Gasteiger partial charge in [-0.1, -0.05) is 0 Å². The lowest BCUT2D eigenvalue weighted by Crippen LogP contribution is -1.99. The second kappa shape index (κ2) is 5.31. The molecular formula is C10H12N2O2S. The van der Waals surface area contributed by atoms with Gasteiger partial charge in [-0.3, -0.25) is 4.99 Å². The normalized spacial score (nSPS) is 12.0. The van der Waals surface area contributed by atoms with Crippen molar-refractivity contribution in [1.82, 2.24) is 0 Å². The Hall–Kier alpha value is -1.62. The number of methoxy groups -OCH3 is 1. The summed E-state index contributed by atoms with van der Waals surface area (Å²) in [6.07, 6.45) is 3.10. The number of carbonyl (C=O) groups is 1. The number of aliphatic imine (C=N–C) groups is 1. The molecular weight excluding hydrogens is 212 g/mol. The largest absolute Gasteiger partial charge is 0.465 e. The zero-order valence-electron chi connectivity index (χ0n) is 8.56. The lowest BCUT2D eigenvalue weighted by Gasteiger charge is -1.94. The molecule has 4 nitrogen and oxygen atoms in total. The molecule has 0 aliphatic rings. The van der Waals surface area contributed by atoms with Crippen LogP contribution >= 0.6 is 11.3 Å². The molecule has 0 radical (unpaired) electrons. The minimum absolute atomic E-state index is 0.335. The van der Waals surface area contributed by atoms with Gasteiger partial charge in [-0.05, 0) is 18.3 Å². The summed E-state index contributed by atoms with van der Waals surface area (Å²) in [6, 6.07) is 1.73. The van der Waals surface area contributed by atoms with E-state index in [0.717, 1.165) is 11.3 Å². The minimum Gasteiger partial charge on any atom is -0.465 e. The summed E-state index contributed by atoms with van der Waals surface area (Å²) in [7, 11) is 3.03. The molecule has 1 aromatic rings. The lowest BCUT2D eigenvalue weighted by atomic mass is 10.2. The standard InChI is InChI=1S/C10H12N2O2S/c1-12-8(3-4-11)7-5-9(15-6-7)10(13)14-2/h3-6H,11H2,1-2H3. The molecule has 5 heteroatoms. The smallest absolute Gasteiger partial charge is 0.348 e.